The number of aliphatic imine (C=N–C) groups is 1. The van der Waals surface area contributed by atoms with Crippen LogP contribution in [-0.4, -0.2) is 131 Å². The number of aliphatic hydroxyl groups excluding tert-OH is 1. The number of hydrogen-bond acceptors (Lipinski definition) is 13. The number of aliphatic hydroxyl groups is 2. The van der Waals surface area contributed by atoms with Crippen LogP contribution in [-0.2, 0) is 38.0 Å². The molecule has 14 heteroatoms. The summed E-state index contributed by atoms with van der Waals surface area (Å²) in [5.74, 6) is -5.11. The Balaban J connectivity index is 1.77. The molecule has 1 aromatic carbocycles. The second-order valence-corrected chi connectivity index (χ2v) is 18.3. The molecule has 3 aliphatic heterocycles. The molecule has 63 heavy (non-hydrogen) atoms. The van der Waals surface area contributed by atoms with E-state index in [0.29, 0.717) is 17.7 Å². The molecular weight excluding hydrogens is 807 g/mol. The number of pyridine rings is 1. The normalized spacial score (nSPS) is 37.5. The summed E-state index contributed by atoms with van der Waals surface area (Å²) in [7, 11) is 3.77. The number of carbonyl (C=O) groups excluding carboxylic acids is 3. The fourth-order valence-electron chi connectivity index (χ4n) is 9.55. The Morgan fingerprint density at radius 3 is 2.35 bits per heavy atom. The molecule has 0 aliphatic carbocycles. The summed E-state index contributed by atoms with van der Waals surface area (Å²) in [6.45, 7) is 15.8. The minimum atomic E-state index is -1.82. The molecule has 5 rings (SSSR count). The lowest BCUT2D eigenvalue weighted by Crippen LogP contribution is -2.61. The lowest BCUT2D eigenvalue weighted by Gasteiger charge is -2.49. The molecule has 0 spiro atoms. The topological polar surface area (TPSA) is 176 Å². The van der Waals surface area contributed by atoms with Gasteiger partial charge in [-0.2, -0.15) is 0 Å². The van der Waals surface area contributed by atoms with Gasteiger partial charge in [-0.25, -0.2) is 14.8 Å². The number of amides is 1. The number of aromatic nitrogens is 1. The predicted octanol–water partition coefficient (Wildman–Crippen LogP) is 6.24. The predicted molar refractivity (Wildman–Crippen MR) is 239 cm³/mol. The second kappa shape index (κ2) is 21.7. The third-order valence-electron chi connectivity index (χ3n) is 12.9. The van der Waals surface area contributed by atoms with Crippen molar-refractivity contribution in [2.75, 3.05) is 27.3 Å². The van der Waals surface area contributed by atoms with Crippen molar-refractivity contribution in [3.8, 4) is 0 Å². The highest BCUT2D eigenvalue weighted by Crippen LogP contribution is 2.42. The smallest absolute Gasteiger partial charge is 0.357 e. The highest BCUT2D eigenvalue weighted by molar-refractivity contribution is 5.98. The van der Waals surface area contributed by atoms with Gasteiger partial charge in [-0.3, -0.25) is 9.59 Å². The zero-order chi connectivity index (χ0) is 46.2. The van der Waals surface area contributed by atoms with Crippen LogP contribution in [0.2, 0.25) is 0 Å². The molecule has 4 heterocycles. The lowest BCUT2D eigenvalue weighted by atomic mass is 9.73. The Kier molecular flexibility index (Phi) is 17.2. The van der Waals surface area contributed by atoms with Crippen molar-refractivity contribution in [2.45, 2.75) is 142 Å². The van der Waals surface area contributed by atoms with Crippen molar-refractivity contribution >= 4 is 29.6 Å². The molecular formula is C49H69N3O11. The van der Waals surface area contributed by atoms with E-state index < -0.39 is 89.5 Å². The van der Waals surface area contributed by atoms with Gasteiger partial charge in [-0.05, 0) is 90.2 Å². The first-order chi connectivity index (χ1) is 29.8. The van der Waals surface area contributed by atoms with E-state index in [1.165, 1.54) is 19.2 Å². The first-order valence-corrected chi connectivity index (χ1v) is 22.2. The van der Waals surface area contributed by atoms with Gasteiger partial charge in [0.25, 0.3) is 0 Å². The number of esters is 2. The van der Waals surface area contributed by atoms with Crippen molar-refractivity contribution in [3.05, 3.63) is 83.7 Å². The van der Waals surface area contributed by atoms with Crippen LogP contribution in [0.15, 0.2) is 77.4 Å². The zero-order valence-electron chi connectivity index (χ0n) is 38.8. The van der Waals surface area contributed by atoms with Crippen molar-refractivity contribution in [2.24, 2.45) is 28.7 Å². The maximum atomic E-state index is 14.6. The monoisotopic (exact) mass is 875 g/mol. The zero-order valence-corrected chi connectivity index (χ0v) is 38.8. The van der Waals surface area contributed by atoms with Crippen molar-refractivity contribution in [3.63, 3.8) is 0 Å². The number of hydrogen-bond donors (Lipinski definition) is 2. The molecule has 0 unspecified atom stereocenters. The minimum Gasteiger partial charge on any atom is -0.459 e. The van der Waals surface area contributed by atoms with Crippen molar-refractivity contribution in [1.29, 1.82) is 0 Å². The van der Waals surface area contributed by atoms with Crippen molar-refractivity contribution in [1.82, 2.24) is 9.88 Å². The number of cyclic esters (lactones) is 1. The van der Waals surface area contributed by atoms with E-state index in [1.807, 2.05) is 102 Å². The lowest BCUT2D eigenvalue weighted by molar-refractivity contribution is -0.302. The average molecular weight is 876 g/mol. The molecule has 3 saturated heterocycles. The first kappa shape index (κ1) is 49.9. The van der Waals surface area contributed by atoms with Gasteiger partial charge in [0.2, 0.25) is 5.91 Å². The largest absolute Gasteiger partial charge is 0.459 e. The van der Waals surface area contributed by atoms with E-state index >= 15 is 0 Å². The Morgan fingerprint density at radius 1 is 1.02 bits per heavy atom. The van der Waals surface area contributed by atoms with E-state index in [0.717, 1.165) is 5.56 Å². The summed E-state index contributed by atoms with van der Waals surface area (Å²) in [4.78, 5) is 52.3. The van der Waals surface area contributed by atoms with E-state index in [4.69, 9.17) is 28.4 Å². The third kappa shape index (κ3) is 12.2. The quantitative estimate of drug-likeness (QED) is 0.286. The van der Waals surface area contributed by atoms with Gasteiger partial charge in [-0.15, -0.1) is 0 Å². The molecule has 3 aliphatic rings. The Labute approximate surface area is 373 Å². The van der Waals surface area contributed by atoms with Gasteiger partial charge < -0.3 is 43.5 Å². The molecule has 0 saturated carbocycles. The van der Waals surface area contributed by atoms with Crippen molar-refractivity contribution < 1.29 is 53.0 Å². The summed E-state index contributed by atoms with van der Waals surface area (Å²) in [6.07, 6.45) is 1.14. The fourth-order valence-corrected chi connectivity index (χ4v) is 9.55. The number of benzene rings is 1. The summed E-state index contributed by atoms with van der Waals surface area (Å²) in [5, 5.41) is 24.6. The van der Waals surface area contributed by atoms with Gasteiger partial charge in [0.05, 0.1) is 43.0 Å². The maximum Gasteiger partial charge on any atom is 0.357 e. The van der Waals surface area contributed by atoms with Gasteiger partial charge in [0.15, 0.2) is 6.29 Å². The van der Waals surface area contributed by atoms with Gasteiger partial charge >= 0.3 is 11.9 Å². The van der Waals surface area contributed by atoms with Crippen LogP contribution in [0.3, 0.4) is 0 Å². The van der Waals surface area contributed by atoms with Crippen LogP contribution in [0.25, 0.3) is 6.08 Å². The standard InChI is InChI=1S/C49H69N3O11/c1-12-39-49(9,57)44-31(4)40(51-34(7)53)29(2)26-48(8,59-28-36(27-58-44)22-18-21-35-19-14-13-15-20-35)43(63-47-41(54)38(52(10)11)25-30(3)60-47)32(5)42(33(6)45(55)61-39)62-46(56)37-23-16-17-24-50-37/h13-24,29-33,38-39,41-44,47,54,57H,12,25-28H2,1-11H3/b21-18-,36-22-,51-40?/t29-,30-,31-,32+,33-,38+,39+,41-,42+,43-,44+,47+,48-,49-/m1/s1. The molecule has 2 N–H and O–H groups in total. The summed E-state index contributed by atoms with van der Waals surface area (Å²) >= 11 is 0. The summed E-state index contributed by atoms with van der Waals surface area (Å²) < 4.78 is 39.9. The molecule has 3 fully saturated rings. The fraction of sp³-hybridized carbons (Fsp3) is 0.612. The van der Waals surface area contributed by atoms with E-state index in [-0.39, 0.29) is 43.9 Å². The van der Waals surface area contributed by atoms with Crippen LogP contribution in [0, 0.1) is 23.7 Å². The molecule has 14 nitrogen and oxygen atoms in total. The Bertz CT molecular complexity index is 1940. The number of nitrogens with zero attached hydrogens (tertiary/aromatic N) is 3. The number of rotatable bonds is 8. The Hall–Kier alpha value is -4.15. The SMILES string of the molecule is CC[C@@H]1OC(=O)[C@H](C)[C@@H](OC(=O)c2ccccn2)[C@H](C)[C@@H](O[C@@H]2O[C@H](C)C[C@H](N(C)C)[C@H]2O)[C@@]2(C)C[C@@H](C)C(=NC(C)=O)[C@@H](C)[C@H](OC/C(=C/C=C\c3ccccc3)CO2)[C@]1(C)O. The van der Waals surface area contributed by atoms with E-state index in [9.17, 15) is 24.6 Å². The molecule has 0 radical (unpaired) electrons. The molecule has 2 bridgehead atoms. The van der Waals surface area contributed by atoms with Gasteiger partial charge in [-0.1, -0.05) is 82.3 Å². The van der Waals surface area contributed by atoms with Gasteiger partial charge in [0, 0.05) is 36.7 Å². The highest BCUT2D eigenvalue weighted by Gasteiger charge is 2.54. The van der Waals surface area contributed by atoms with Crippen LogP contribution in [0.1, 0.15) is 97.6 Å². The minimum absolute atomic E-state index is 0.0131. The molecule has 1 amide bonds. The second-order valence-electron chi connectivity index (χ2n) is 18.3. The highest BCUT2D eigenvalue weighted by atomic mass is 16.7. The van der Waals surface area contributed by atoms with Gasteiger partial charge in [0.1, 0.15) is 29.6 Å². The molecule has 2 aromatic rings. The average Bonchev–Trinajstić information content (AvgIpc) is 3.26. The first-order valence-electron chi connectivity index (χ1n) is 22.2. The van der Waals surface area contributed by atoms with Crippen LogP contribution < -0.4 is 0 Å². The number of ether oxygens (including phenoxy) is 6. The summed E-state index contributed by atoms with van der Waals surface area (Å²) in [5.41, 5.74) is -0.996. The van der Waals surface area contributed by atoms with E-state index in [1.54, 1.807) is 32.9 Å². The molecule has 1 aromatic heterocycles. The van der Waals surface area contributed by atoms with Crippen LogP contribution >= 0.6 is 0 Å². The Morgan fingerprint density at radius 2 is 1.71 bits per heavy atom. The summed E-state index contributed by atoms with van der Waals surface area (Å²) in [6, 6.07) is 14.4. The van der Waals surface area contributed by atoms with E-state index in [2.05, 4.69) is 9.98 Å². The third-order valence-corrected chi connectivity index (χ3v) is 12.9. The maximum absolute atomic E-state index is 14.6. The van der Waals surface area contributed by atoms with Crippen LogP contribution in [0.4, 0.5) is 0 Å². The molecule has 14 atom stereocenters. The number of carbonyl (C=O) groups is 3. The van der Waals surface area contributed by atoms with Crippen LogP contribution in [0.5, 0.6) is 0 Å². The number of fused-ring (bicyclic) bond motifs is 5. The number of likely N-dealkylation sites (N-methyl/N-ethyl adjacent to an activating group) is 1. The number of allylic oxidation sites excluding steroid dienone is 2. The molecule has 346 valence electrons.